The highest BCUT2D eigenvalue weighted by atomic mass is 16.5. The molecule has 0 amide bonds. The number of ether oxygens (including phenoxy) is 3. The number of rotatable bonds is 6. The first-order chi connectivity index (χ1) is 13.7. The molecule has 0 spiro atoms. The molecule has 0 bridgehead atoms. The summed E-state index contributed by atoms with van der Waals surface area (Å²) in [4.78, 5) is 15.7. The Hall–Kier alpha value is -2.79. The first-order valence-corrected chi connectivity index (χ1v) is 9.87. The van der Waals surface area contributed by atoms with E-state index in [0.717, 1.165) is 48.3 Å². The summed E-state index contributed by atoms with van der Waals surface area (Å²) in [7, 11) is 0. The van der Waals surface area contributed by atoms with Crippen LogP contribution in [0.2, 0.25) is 0 Å². The second-order valence-electron chi connectivity index (χ2n) is 7.02. The molecule has 1 aromatic heterocycles. The minimum atomic E-state index is -0.0528. The van der Waals surface area contributed by atoms with Crippen molar-refractivity contribution >= 4 is 10.9 Å². The summed E-state index contributed by atoms with van der Waals surface area (Å²) in [6, 6.07) is 15.2. The van der Waals surface area contributed by atoms with Crippen LogP contribution >= 0.6 is 0 Å². The molecule has 1 aliphatic rings. The van der Waals surface area contributed by atoms with Gasteiger partial charge in [-0.3, -0.25) is 4.79 Å². The van der Waals surface area contributed by atoms with Gasteiger partial charge in [-0.25, -0.2) is 0 Å². The standard InChI is InChI=1S/C23H25NO4/c1-2-26-18-8-5-6-16(12-18)17-9-10-20-21(13-17)24-23(14-22(20)25)28-15-19-7-3-4-11-27-19/h5-6,8-10,12-14,19H,2-4,7,11,15H2,1H3,(H,24,25). The van der Waals surface area contributed by atoms with Gasteiger partial charge in [0.05, 0.1) is 18.2 Å². The number of aromatic amines is 1. The van der Waals surface area contributed by atoms with Crippen molar-refractivity contribution in [2.24, 2.45) is 0 Å². The lowest BCUT2D eigenvalue weighted by Gasteiger charge is -2.22. The second-order valence-corrected chi connectivity index (χ2v) is 7.02. The lowest BCUT2D eigenvalue weighted by molar-refractivity contribution is -0.0119. The van der Waals surface area contributed by atoms with E-state index in [0.29, 0.717) is 24.5 Å². The van der Waals surface area contributed by atoms with Gasteiger partial charge in [0.25, 0.3) is 0 Å². The molecule has 1 fully saturated rings. The third-order valence-corrected chi connectivity index (χ3v) is 4.98. The van der Waals surface area contributed by atoms with Gasteiger partial charge in [-0.2, -0.15) is 0 Å². The van der Waals surface area contributed by atoms with Crippen LogP contribution in [0.4, 0.5) is 0 Å². The number of benzene rings is 2. The first-order valence-electron chi connectivity index (χ1n) is 9.87. The highest BCUT2D eigenvalue weighted by Gasteiger charge is 2.15. The van der Waals surface area contributed by atoms with E-state index >= 15 is 0 Å². The Morgan fingerprint density at radius 1 is 1.07 bits per heavy atom. The molecule has 2 aromatic carbocycles. The van der Waals surface area contributed by atoms with Crippen LogP contribution in [-0.2, 0) is 4.74 Å². The maximum Gasteiger partial charge on any atom is 0.195 e. The smallest absolute Gasteiger partial charge is 0.195 e. The maximum atomic E-state index is 12.5. The normalized spacial score (nSPS) is 16.8. The average molecular weight is 379 g/mol. The van der Waals surface area contributed by atoms with E-state index in [1.54, 1.807) is 0 Å². The molecule has 2 heterocycles. The lowest BCUT2D eigenvalue weighted by atomic mass is 10.0. The zero-order valence-corrected chi connectivity index (χ0v) is 16.1. The van der Waals surface area contributed by atoms with Gasteiger partial charge in [-0.15, -0.1) is 0 Å². The number of pyridine rings is 1. The minimum absolute atomic E-state index is 0.0528. The fourth-order valence-electron chi connectivity index (χ4n) is 3.54. The van der Waals surface area contributed by atoms with E-state index in [4.69, 9.17) is 14.2 Å². The van der Waals surface area contributed by atoms with Gasteiger partial charge < -0.3 is 19.2 Å². The Balaban J connectivity index is 1.60. The maximum absolute atomic E-state index is 12.5. The molecule has 1 unspecified atom stereocenters. The summed E-state index contributed by atoms with van der Waals surface area (Å²) in [5.74, 6) is 1.31. The molecular formula is C23H25NO4. The van der Waals surface area contributed by atoms with Gasteiger partial charge in [0.2, 0.25) is 0 Å². The molecule has 146 valence electrons. The Bertz CT molecular complexity index is 1000. The zero-order chi connectivity index (χ0) is 19.3. The van der Waals surface area contributed by atoms with E-state index in [2.05, 4.69) is 4.98 Å². The molecule has 1 N–H and O–H groups in total. The first kappa shape index (κ1) is 18.6. The molecule has 0 aliphatic carbocycles. The number of hydrogen-bond acceptors (Lipinski definition) is 4. The van der Waals surface area contributed by atoms with E-state index < -0.39 is 0 Å². The highest BCUT2D eigenvalue weighted by molar-refractivity contribution is 5.84. The van der Waals surface area contributed by atoms with Crippen molar-refractivity contribution in [2.45, 2.75) is 32.3 Å². The topological polar surface area (TPSA) is 60.6 Å². The van der Waals surface area contributed by atoms with Crippen molar-refractivity contribution in [3.8, 4) is 22.8 Å². The summed E-state index contributed by atoms with van der Waals surface area (Å²) in [6.07, 6.45) is 3.36. The number of nitrogens with one attached hydrogen (secondary N) is 1. The largest absolute Gasteiger partial charge is 0.494 e. The minimum Gasteiger partial charge on any atom is -0.494 e. The SMILES string of the molecule is CCOc1cccc(-c2ccc3c(=O)cc(OCC4CCCCO4)[nH]c3c2)c1. The van der Waals surface area contributed by atoms with E-state index in [1.165, 1.54) is 6.07 Å². The van der Waals surface area contributed by atoms with Gasteiger partial charge in [0, 0.05) is 18.1 Å². The third kappa shape index (κ3) is 4.20. The summed E-state index contributed by atoms with van der Waals surface area (Å²) >= 11 is 0. The lowest BCUT2D eigenvalue weighted by Crippen LogP contribution is -2.26. The molecule has 4 rings (SSSR count). The molecule has 1 aliphatic heterocycles. The number of H-pyrrole nitrogens is 1. The van der Waals surface area contributed by atoms with Crippen molar-refractivity contribution in [1.29, 1.82) is 0 Å². The summed E-state index contributed by atoms with van der Waals surface area (Å²) in [5, 5.41) is 0.644. The number of fused-ring (bicyclic) bond motifs is 1. The van der Waals surface area contributed by atoms with E-state index in [1.807, 2.05) is 49.4 Å². The van der Waals surface area contributed by atoms with Gasteiger partial charge in [0.15, 0.2) is 11.3 Å². The van der Waals surface area contributed by atoms with Gasteiger partial charge in [0.1, 0.15) is 12.4 Å². The van der Waals surface area contributed by atoms with Gasteiger partial charge in [-0.05, 0) is 61.6 Å². The molecule has 28 heavy (non-hydrogen) atoms. The Labute approximate surface area is 164 Å². The Morgan fingerprint density at radius 3 is 2.79 bits per heavy atom. The van der Waals surface area contributed by atoms with E-state index in [9.17, 15) is 4.79 Å². The van der Waals surface area contributed by atoms with Crippen molar-refractivity contribution in [3.63, 3.8) is 0 Å². The van der Waals surface area contributed by atoms with Crippen LogP contribution < -0.4 is 14.9 Å². The molecule has 1 saturated heterocycles. The molecule has 5 nitrogen and oxygen atoms in total. The van der Waals surface area contributed by atoms with Crippen LogP contribution in [0.1, 0.15) is 26.2 Å². The van der Waals surface area contributed by atoms with Crippen molar-refractivity contribution in [3.05, 3.63) is 58.8 Å². The van der Waals surface area contributed by atoms with Crippen LogP contribution in [0.15, 0.2) is 53.3 Å². The molecule has 3 aromatic rings. The predicted molar refractivity (Wildman–Crippen MR) is 110 cm³/mol. The highest BCUT2D eigenvalue weighted by Crippen LogP contribution is 2.26. The van der Waals surface area contributed by atoms with Gasteiger partial charge >= 0.3 is 0 Å². The summed E-state index contributed by atoms with van der Waals surface area (Å²) in [6.45, 7) is 3.83. The van der Waals surface area contributed by atoms with E-state index in [-0.39, 0.29) is 11.5 Å². The molecule has 0 radical (unpaired) electrons. The number of hydrogen-bond donors (Lipinski definition) is 1. The van der Waals surface area contributed by atoms with Crippen LogP contribution in [0.3, 0.4) is 0 Å². The average Bonchev–Trinajstić information content (AvgIpc) is 2.73. The van der Waals surface area contributed by atoms with Crippen molar-refractivity contribution < 1.29 is 14.2 Å². The van der Waals surface area contributed by atoms with Crippen LogP contribution in [0, 0.1) is 0 Å². The number of aromatic nitrogens is 1. The third-order valence-electron chi connectivity index (χ3n) is 4.98. The van der Waals surface area contributed by atoms with Crippen molar-refractivity contribution in [1.82, 2.24) is 4.98 Å². The monoisotopic (exact) mass is 379 g/mol. The molecular weight excluding hydrogens is 354 g/mol. The zero-order valence-electron chi connectivity index (χ0n) is 16.1. The fourth-order valence-corrected chi connectivity index (χ4v) is 3.54. The Morgan fingerprint density at radius 2 is 1.96 bits per heavy atom. The van der Waals surface area contributed by atoms with Crippen LogP contribution in [0.25, 0.3) is 22.0 Å². The van der Waals surface area contributed by atoms with Crippen LogP contribution in [-0.4, -0.2) is 30.9 Å². The fraction of sp³-hybridized carbons (Fsp3) is 0.348. The Kier molecular flexibility index (Phi) is 5.63. The quantitative estimate of drug-likeness (QED) is 0.683. The molecule has 1 atom stereocenters. The summed E-state index contributed by atoms with van der Waals surface area (Å²) < 4.78 is 17.1. The summed E-state index contributed by atoms with van der Waals surface area (Å²) in [5.41, 5.74) is 2.75. The predicted octanol–water partition coefficient (Wildman–Crippen LogP) is 4.54. The van der Waals surface area contributed by atoms with Gasteiger partial charge in [-0.1, -0.05) is 18.2 Å². The van der Waals surface area contributed by atoms with Crippen molar-refractivity contribution in [2.75, 3.05) is 19.8 Å². The molecule has 0 saturated carbocycles. The molecule has 5 heteroatoms. The van der Waals surface area contributed by atoms with Crippen LogP contribution in [0.5, 0.6) is 11.6 Å². The second kappa shape index (κ2) is 8.48.